The molecule has 1 aliphatic heterocycles. The van der Waals surface area contributed by atoms with Gasteiger partial charge in [-0.1, -0.05) is 0 Å². The van der Waals surface area contributed by atoms with Gasteiger partial charge >= 0.3 is 0 Å². The van der Waals surface area contributed by atoms with Gasteiger partial charge in [0.05, 0.1) is 5.41 Å². The molecule has 5 aliphatic rings. The minimum atomic E-state index is -0.388. The maximum absolute atomic E-state index is 13.0. The number of hydrogen-bond acceptors (Lipinski definition) is 4. The number of amides is 2. The van der Waals surface area contributed by atoms with Gasteiger partial charge in [0.25, 0.3) is 0 Å². The van der Waals surface area contributed by atoms with E-state index in [4.69, 9.17) is 9.57 Å². The fraction of sp³-hybridized carbons (Fsp3) is 0.889. The van der Waals surface area contributed by atoms with Gasteiger partial charge in [-0.15, -0.1) is 0 Å². The van der Waals surface area contributed by atoms with Crippen LogP contribution in [0.15, 0.2) is 0 Å². The maximum Gasteiger partial charge on any atom is 0.249 e. The topological polar surface area (TPSA) is 76.7 Å². The molecule has 0 spiro atoms. The Kier molecular flexibility index (Phi) is 4.07. The van der Waals surface area contributed by atoms with Crippen LogP contribution >= 0.6 is 0 Å². The summed E-state index contributed by atoms with van der Waals surface area (Å²) in [6.45, 7) is 2.27. The highest BCUT2D eigenvalue weighted by atomic mass is 16.8. The van der Waals surface area contributed by atoms with Crippen LogP contribution in [0.3, 0.4) is 0 Å². The molecule has 5 rings (SSSR count). The molecule has 4 saturated carbocycles. The van der Waals surface area contributed by atoms with Crippen molar-refractivity contribution in [2.45, 2.75) is 76.5 Å². The molecule has 6 heteroatoms. The number of ether oxygens (including phenoxy) is 1. The van der Waals surface area contributed by atoms with Crippen LogP contribution in [-0.4, -0.2) is 30.3 Å². The minimum Gasteiger partial charge on any atom is -0.351 e. The summed E-state index contributed by atoms with van der Waals surface area (Å²) in [4.78, 5) is 30.2. The van der Waals surface area contributed by atoms with E-state index in [0.29, 0.717) is 18.4 Å². The second kappa shape index (κ2) is 5.99. The van der Waals surface area contributed by atoms with E-state index in [0.717, 1.165) is 51.4 Å². The smallest absolute Gasteiger partial charge is 0.249 e. The molecule has 1 saturated heterocycles. The maximum atomic E-state index is 13.0. The summed E-state index contributed by atoms with van der Waals surface area (Å²) in [7, 11) is 0. The highest BCUT2D eigenvalue weighted by molar-refractivity contribution is 5.83. The van der Waals surface area contributed by atoms with Gasteiger partial charge in [-0.3, -0.25) is 9.59 Å². The molecule has 2 unspecified atom stereocenters. The largest absolute Gasteiger partial charge is 0.351 e. The number of carbonyl (C=O) groups is 2. The van der Waals surface area contributed by atoms with Crippen LogP contribution in [0.5, 0.6) is 0 Å². The Morgan fingerprint density at radius 2 is 1.88 bits per heavy atom. The van der Waals surface area contributed by atoms with E-state index in [1.54, 1.807) is 6.92 Å². The van der Waals surface area contributed by atoms with Crippen molar-refractivity contribution in [2.24, 2.45) is 17.3 Å². The van der Waals surface area contributed by atoms with Crippen molar-refractivity contribution in [1.82, 2.24) is 10.8 Å². The van der Waals surface area contributed by atoms with Crippen molar-refractivity contribution >= 4 is 11.8 Å². The fourth-order valence-corrected chi connectivity index (χ4v) is 6.08. The molecular weight excluding hydrogens is 308 g/mol. The molecule has 0 radical (unpaired) electrons. The van der Waals surface area contributed by atoms with Crippen LogP contribution in [0.1, 0.15) is 64.7 Å². The molecule has 1 heterocycles. The Balaban J connectivity index is 1.45. The summed E-state index contributed by atoms with van der Waals surface area (Å²) in [6.07, 6.45) is 8.46. The first kappa shape index (κ1) is 16.3. The van der Waals surface area contributed by atoms with E-state index >= 15 is 0 Å². The number of hydrogen-bond donors (Lipinski definition) is 2. The van der Waals surface area contributed by atoms with E-state index in [-0.39, 0.29) is 29.1 Å². The quantitative estimate of drug-likeness (QED) is 0.770. The fourth-order valence-electron chi connectivity index (χ4n) is 6.08. The van der Waals surface area contributed by atoms with E-state index in [1.807, 2.05) is 0 Å². The summed E-state index contributed by atoms with van der Waals surface area (Å²) in [5.74, 6) is 1.07. The first-order chi connectivity index (χ1) is 11.5. The minimum absolute atomic E-state index is 0.0133. The number of rotatable bonds is 4. The van der Waals surface area contributed by atoms with Crippen LogP contribution in [0.2, 0.25) is 0 Å². The van der Waals surface area contributed by atoms with Gasteiger partial charge in [-0.2, -0.15) is 0 Å². The van der Waals surface area contributed by atoms with E-state index in [1.165, 1.54) is 6.42 Å². The molecular formula is C18H28N2O4. The van der Waals surface area contributed by atoms with Crippen molar-refractivity contribution < 1.29 is 19.2 Å². The highest BCUT2D eigenvalue weighted by Gasteiger charge is 2.61. The van der Waals surface area contributed by atoms with Gasteiger partial charge in [0.2, 0.25) is 11.8 Å². The Bertz CT molecular complexity index is 515. The number of hydroxylamine groups is 1. The normalized spacial score (nSPS) is 43.5. The van der Waals surface area contributed by atoms with E-state index in [2.05, 4.69) is 10.8 Å². The van der Waals surface area contributed by atoms with Crippen molar-refractivity contribution in [2.75, 3.05) is 6.61 Å². The summed E-state index contributed by atoms with van der Waals surface area (Å²) in [6, 6.07) is 0. The standard InChI is InChI=1S/C18H28N2O4/c1-12(21)19-18-9-13-6-14(10-18)8-17(7-13,11-18)16(22)20-24-15-4-2-3-5-23-15/h13-15H,2-11H2,1H3,(H,19,21)(H,20,22)/t13-,14+,15-,17?,18?/m0/s1. The van der Waals surface area contributed by atoms with Crippen molar-refractivity contribution in [3.63, 3.8) is 0 Å². The van der Waals surface area contributed by atoms with Crippen LogP contribution in [0.4, 0.5) is 0 Å². The van der Waals surface area contributed by atoms with Crippen LogP contribution in [0, 0.1) is 17.3 Å². The molecule has 2 amide bonds. The third-order valence-electron chi connectivity index (χ3n) is 6.40. The Morgan fingerprint density at radius 3 is 2.50 bits per heavy atom. The van der Waals surface area contributed by atoms with Gasteiger partial charge in [0.1, 0.15) is 0 Å². The highest BCUT2D eigenvalue weighted by Crippen LogP contribution is 2.61. The molecule has 24 heavy (non-hydrogen) atoms. The Labute approximate surface area is 143 Å². The first-order valence-corrected chi connectivity index (χ1v) is 9.35. The Morgan fingerprint density at radius 1 is 1.12 bits per heavy atom. The lowest BCUT2D eigenvalue weighted by atomic mass is 9.46. The van der Waals surface area contributed by atoms with Gasteiger partial charge in [-0.05, 0) is 63.2 Å². The molecule has 0 aromatic heterocycles. The zero-order valence-electron chi connectivity index (χ0n) is 14.4. The lowest BCUT2D eigenvalue weighted by Gasteiger charge is -2.61. The zero-order valence-corrected chi connectivity index (χ0v) is 14.4. The third kappa shape index (κ3) is 2.94. The number of nitrogens with one attached hydrogen (secondary N) is 2. The van der Waals surface area contributed by atoms with E-state index < -0.39 is 0 Å². The summed E-state index contributed by atoms with van der Waals surface area (Å²) >= 11 is 0. The van der Waals surface area contributed by atoms with Crippen molar-refractivity contribution in [3.8, 4) is 0 Å². The van der Waals surface area contributed by atoms with E-state index in [9.17, 15) is 9.59 Å². The molecule has 0 aromatic carbocycles. The molecule has 134 valence electrons. The molecule has 5 atom stereocenters. The average Bonchev–Trinajstić information content (AvgIpc) is 2.51. The lowest BCUT2D eigenvalue weighted by Crippen LogP contribution is -2.65. The molecule has 0 aromatic rings. The summed E-state index contributed by atoms with van der Waals surface area (Å²) in [5.41, 5.74) is 2.13. The molecule has 5 fully saturated rings. The first-order valence-electron chi connectivity index (χ1n) is 9.35. The van der Waals surface area contributed by atoms with Crippen molar-refractivity contribution in [3.05, 3.63) is 0 Å². The average molecular weight is 336 g/mol. The van der Waals surface area contributed by atoms with Crippen LogP contribution in [0.25, 0.3) is 0 Å². The van der Waals surface area contributed by atoms with Gasteiger partial charge in [0, 0.05) is 25.5 Å². The van der Waals surface area contributed by atoms with Gasteiger partial charge in [0.15, 0.2) is 6.29 Å². The van der Waals surface area contributed by atoms with Crippen LogP contribution < -0.4 is 10.8 Å². The van der Waals surface area contributed by atoms with Gasteiger partial charge in [-0.25, -0.2) is 10.3 Å². The Hall–Kier alpha value is -1.14. The molecule has 4 bridgehead atoms. The van der Waals surface area contributed by atoms with Crippen LogP contribution in [-0.2, 0) is 19.2 Å². The number of carbonyl (C=O) groups excluding carboxylic acids is 2. The second-order valence-corrected chi connectivity index (χ2v) is 8.55. The van der Waals surface area contributed by atoms with Gasteiger partial charge < -0.3 is 10.1 Å². The SMILES string of the molecule is CC(=O)NC12C[C@H]3C[C@@H](C1)CC(C(=O)NO[C@H]1CCCCO1)(C3)C2. The third-order valence-corrected chi connectivity index (χ3v) is 6.40. The lowest BCUT2D eigenvalue weighted by molar-refractivity contribution is -0.210. The summed E-state index contributed by atoms with van der Waals surface area (Å²) in [5, 5.41) is 3.19. The monoisotopic (exact) mass is 336 g/mol. The predicted molar refractivity (Wildman–Crippen MR) is 86.5 cm³/mol. The molecule has 6 nitrogen and oxygen atoms in total. The second-order valence-electron chi connectivity index (χ2n) is 8.55. The summed E-state index contributed by atoms with van der Waals surface area (Å²) < 4.78 is 5.53. The molecule has 4 aliphatic carbocycles. The zero-order chi connectivity index (χ0) is 16.8. The molecule has 2 N–H and O–H groups in total. The predicted octanol–water partition coefficient (Wildman–Crippen LogP) is 2.04. The van der Waals surface area contributed by atoms with Crippen molar-refractivity contribution in [1.29, 1.82) is 0 Å².